The molecule has 21 heavy (non-hydrogen) atoms. The molecule has 1 aliphatic rings. The van der Waals surface area contributed by atoms with Crippen molar-refractivity contribution in [1.29, 1.82) is 0 Å². The molecule has 1 saturated carbocycles. The van der Waals surface area contributed by atoms with E-state index in [0.29, 0.717) is 22.6 Å². The van der Waals surface area contributed by atoms with Gasteiger partial charge < -0.3 is 10.4 Å². The number of aromatic nitrogens is 2. The van der Waals surface area contributed by atoms with Gasteiger partial charge in [0.15, 0.2) is 0 Å². The minimum atomic E-state index is -0.717. The van der Waals surface area contributed by atoms with Crippen molar-refractivity contribution in [2.45, 2.75) is 44.8 Å². The van der Waals surface area contributed by atoms with Gasteiger partial charge in [-0.2, -0.15) is 5.10 Å². The Balaban J connectivity index is 2.09. The van der Waals surface area contributed by atoms with Gasteiger partial charge in [0.1, 0.15) is 11.0 Å². The van der Waals surface area contributed by atoms with Crippen molar-refractivity contribution in [1.82, 2.24) is 9.78 Å². The summed E-state index contributed by atoms with van der Waals surface area (Å²) in [6.45, 7) is 2.71. The summed E-state index contributed by atoms with van der Waals surface area (Å²) >= 11 is 3.27. The number of anilines is 1. The van der Waals surface area contributed by atoms with Gasteiger partial charge >= 0.3 is 0 Å². The third kappa shape index (κ3) is 3.86. The number of nitrogens with zero attached hydrogens (tertiary/aromatic N) is 2. The molecule has 0 bridgehead atoms. The van der Waals surface area contributed by atoms with Gasteiger partial charge in [-0.05, 0) is 34.7 Å². The van der Waals surface area contributed by atoms with Gasteiger partial charge in [-0.25, -0.2) is 4.68 Å². The van der Waals surface area contributed by atoms with Crippen LogP contribution < -0.4 is 10.9 Å². The van der Waals surface area contributed by atoms with Crippen LogP contribution in [-0.2, 0) is 6.54 Å². The van der Waals surface area contributed by atoms with E-state index in [1.54, 1.807) is 6.20 Å². The maximum atomic E-state index is 12.0. The van der Waals surface area contributed by atoms with Crippen molar-refractivity contribution in [3.63, 3.8) is 0 Å². The van der Waals surface area contributed by atoms with E-state index in [0.717, 1.165) is 25.7 Å². The minimum absolute atomic E-state index is 0.138. The fraction of sp³-hybridized carbons (Fsp3) is 0.600. The van der Waals surface area contributed by atoms with Crippen LogP contribution in [0.1, 0.15) is 32.6 Å². The van der Waals surface area contributed by atoms with Crippen LogP contribution in [-0.4, -0.2) is 27.0 Å². The molecule has 6 heteroatoms. The molecule has 1 aromatic heterocycles. The second-order valence-electron chi connectivity index (χ2n) is 5.82. The number of hydrogen-bond donors (Lipinski definition) is 2. The Labute approximate surface area is 132 Å². The van der Waals surface area contributed by atoms with E-state index in [9.17, 15) is 9.90 Å². The zero-order valence-electron chi connectivity index (χ0n) is 12.1. The molecule has 1 aromatic rings. The van der Waals surface area contributed by atoms with Gasteiger partial charge in [0.05, 0.1) is 17.5 Å². The first-order valence-electron chi connectivity index (χ1n) is 7.10. The zero-order chi connectivity index (χ0) is 15.5. The van der Waals surface area contributed by atoms with Gasteiger partial charge in [0.25, 0.3) is 5.56 Å². The van der Waals surface area contributed by atoms with E-state index in [1.165, 1.54) is 4.68 Å². The second kappa shape index (κ2) is 6.63. The van der Waals surface area contributed by atoms with Crippen LogP contribution in [0.5, 0.6) is 0 Å². The first-order valence-corrected chi connectivity index (χ1v) is 7.90. The molecule has 0 amide bonds. The molecular formula is C15H20BrN3O2. The molecule has 0 aliphatic heterocycles. The van der Waals surface area contributed by atoms with E-state index in [-0.39, 0.29) is 12.1 Å². The van der Waals surface area contributed by atoms with Crippen LogP contribution in [0.2, 0.25) is 0 Å². The minimum Gasteiger partial charge on any atom is -0.388 e. The Hall–Kier alpha value is -1.32. The van der Waals surface area contributed by atoms with Gasteiger partial charge in [-0.3, -0.25) is 4.79 Å². The molecule has 0 aromatic carbocycles. The van der Waals surface area contributed by atoms with E-state index in [1.807, 2.05) is 0 Å². The standard InChI is InChI=1S/C15H20BrN3O2/c1-3-7-19-14(20)13(16)12(9-18-19)17-10-15(21)6-4-5-11(2)8-15/h1,9,11,17,21H,4-8,10H2,2H3. The van der Waals surface area contributed by atoms with Crippen LogP contribution in [0, 0.1) is 18.3 Å². The van der Waals surface area contributed by atoms with E-state index >= 15 is 0 Å². The van der Waals surface area contributed by atoms with Crippen molar-refractivity contribution in [2.24, 2.45) is 5.92 Å². The molecule has 1 heterocycles. The van der Waals surface area contributed by atoms with Gasteiger partial charge in [0, 0.05) is 6.54 Å². The molecule has 2 rings (SSSR count). The summed E-state index contributed by atoms with van der Waals surface area (Å²) in [7, 11) is 0. The monoisotopic (exact) mass is 353 g/mol. The molecule has 0 radical (unpaired) electrons. The predicted octanol–water partition coefficient (Wildman–Crippen LogP) is 1.99. The summed E-state index contributed by atoms with van der Waals surface area (Å²) in [6, 6.07) is 0. The van der Waals surface area contributed by atoms with Crippen molar-refractivity contribution in [3.05, 3.63) is 21.0 Å². The Morgan fingerprint density at radius 2 is 2.48 bits per heavy atom. The number of nitrogens with one attached hydrogen (secondary N) is 1. The van der Waals surface area contributed by atoms with Crippen LogP contribution in [0.3, 0.4) is 0 Å². The van der Waals surface area contributed by atoms with Crippen LogP contribution in [0.15, 0.2) is 15.5 Å². The predicted molar refractivity (Wildman–Crippen MR) is 86.1 cm³/mol. The normalized spacial score (nSPS) is 25.3. The summed E-state index contributed by atoms with van der Waals surface area (Å²) < 4.78 is 1.60. The van der Waals surface area contributed by atoms with Crippen LogP contribution >= 0.6 is 15.9 Å². The third-order valence-electron chi connectivity index (χ3n) is 3.90. The Kier molecular flexibility index (Phi) is 5.07. The largest absolute Gasteiger partial charge is 0.388 e. The van der Waals surface area contributed by atoms with Crippen molar-refractivity contribution in [2.75, 3.05) is 11.9 Å². The molecule has 0 saturated heterocycles. The average molecular weight is 354 g/mol. The van der Waals surface area contributed by atoms with Crippen LogP contribution in [0.4, 0.5) is 5.69 Å². The highest BCUT2D eigenvalue weighted by molar-refractivity contribution is 9.10. The molecule has 1 fully saturated rings. The highest BCUT2D eigenvalue weighted by atomic mass is 79.9. The smallest absolute Gasteiger partial charge is 0.284 e. The fourth-order valence-electron chi connectivity index (χ4n) is 2.84. The summed E-state index contributed by atoms with van der Waals surface area (Å²) in [4.78, 5) is 12.0. The lowest BCUT2D eigenvalue weighted by molar-refractivity contribution is -0.000781. The van der Waals surface area contributed by atoms with Crippen molar-refractivity contribution < 1.29 is 5.11 Å². The lowest BCUT2D eigenvalue weighted by Gasteiger charge is -2.35. The first-order chi connectivity index (χ1) is 9.95. The molecule has 5 nitrogen and oxygen atoms in total. The topological polar surface area (TPSA) is 67.2 Å². The maximum absolute atomic E-state index is 12.0. The quantitative estimate of drug-likeness (QED) is 0.812. The van der Waals surface area contributed by atoms with E-state index in [4.69, 9.17) is 6.42 Å². The van der Waals surface area contributed by atoms with E-state index in [2.05, 4.69) is 39.2 Å². The van der Waals surface area contributed by atoms with E-state index < -0.39 is 5.60 Å². The highest BCUT2D eigenvalue weighted by Crippen LogP contribution is 2.32. The maximum Gasteiger partial charge on any atom is 0.284 e. The molecular weight excluding hydrogens is 334 g/mol. The van der Waals surface area contributed by atoms with Crippen LogP contribution in [0.25, 0.3) is 0 Å². The molecule has 1 aliphatic carbocycles. The number of rotatable bonds is 4. The number of terminal acetylenes is 1. The van der Waals surface area contributed by atoms with Gasteiger partial charge in [-0.15, -0.1) is 6.42 Å². The Morgan fingerprint density at radius 3 is 3.14 bits per heavy atom. The molecule has 2 atom stereocenters. The first kappa shape index (κ1) is 16.1. The molecule has 2 unspecified atom stereocenters. The summed E-state index contributed by atoms with van der Waals surface area (Å²) in [5.41, 5.74) is -0.410. The van der Waals surface area contributed by atoms with Crippen molar-refractivity contribution in [3.8, 4) is 12.3 Å². The Bertz CT molecular complexity index is 608. The van der Waals surface area contributed by atoms with Crippen molar-refractivity contribution >= 4 is 21.6 Å². The molecule has 114 valence electrons. The number of hydrogen-bond acceptors (Lipinski definition) is 4. The zero-order valence-corrected chi connectivity index (χ0v) is 13.7. The highest BCUT2D eigenvalue weighted by Gasteiger charge is 2.32. The Morgan fingerprint density at radius 1 is 1.71 bits per heavy atom. The summed E-state index contributed by atoms with van der Waals surface area (Å²) in [6.07, 6.45) is 10.5. The third-order valence-corrected chi connectivity index (χ3v) is 4.67. The van der Waals surface area contributed by atoms with Gasteiger partial charge in [0.2, 0.25) is 0 Å². The summed E-state index contributed by atoms with van der Waals surface area (Å²) in [5.74, 6) is 2.91. The SMILES string of the molecule is C#CCn1ncc(NCC2(O)CCCC(C)C2)c(Br)c1=O. The molecule has 2 N–H and O–H groups in total. The second-order valence-corrected chi connectivity index (χ2v) is 6.61. The fourth-order valence-corrected chi connectivity index (χ4v) is 3.29. The number of aliphatic hydroxyl groups is 1. The average Bonchev–Trinajstić information content (AvgIpc) is 2.43. The van der Waals surface area contributed by atoms with Gasteiger partial charge in [-0.1, -0.05) is 25.7 Å². The number of halogens is 1. The lowest BCUT2D eigenvalue weighted by Crippen LogP contribution is -2.41. The lowest BCUT2D eigenvalue weighted by atomic mass is 9.79. The molecule has 0 spiro atoms. The summed E-state index contributed by atoms with van der Waals surface area (Å²) in [5, 5.41) is 17.7.